The van der Waals surface area contributed by atoms with E-state index in [1.165, 1.54) is 4.90 Å². The van der Waals surface area contributed by atoms with E-state index in [9.17, 15) is 19.2 Å². The summed E-state index contributed by atoms with van der Waals surface area (Å²) in [6.45, 7) is 4.37. The van der Waals surface area contributed by atoms with Gasteiger partial charge in [0.15, 0.2) is 0 Å². The van der Waals surface area contributed by atoms with E-state index < -0.39 is 5.97 Å². The number of carbonyl (C=O) groups is 4. The van der Waals surface area contributed by atoms with Gasteiger partial charge in [0.25, 0.3) is 0 Å². The number of rotatable bonds is 7. The lowest BCUT2D eigenvalue weighted by atomic mass is 9.85. The van der Waals surface area contributed by atoms with Crippen LogP contribution in [0.3, 0.4) is 0 Å². The van der Waals surface area contributed by atoms with Crippen molar-refractivity contribution in [3.8, 4) is 0 Å². The molecule has 3 aliphatic rings. The number of anilines is 1. The van der Waals surface area contributed by atoms with E-state index in [1.54, 1.807) is 24.3 Å². The highest BCUT2D eigenvalue weighted by molar-refractivity contribution is 6.06. The van der Waals surface area contributed by atoms with Crippen molar-refractivity contribution in [2.75, 3.05) is 18.5 Å². The number of esters is 1. The van der Waals surface area contributed by atoms with E-state index >= 15 is 0 Å². The standard InChI is InChI=1S/C23H26N2O5/c1-13(2)12-30-23(29)14-5-7-17(8-6-14)24-18(26)9-10-25-21(27)19-15-3-4-16(11-15)20(19)22(25)28/h3-8,13,15-16,19-20H,9-12H2,1-2H3,(H,24,26)/t15-,16+,19-,20-/m0/s1. The molecule has 30 heavy (non-hydrogen) atoms. The summed E-state index contributed by atoms with van der Waals surface area (Å²) in [5.41, 5.74) is 0.954. The number of imide groups is 1. The largest absolute Gasteiger partial charge is 0.462 e. The molecule has 4 atom stereocenters. The first-order valence-electron chi connectivity index (χ1n) is 10.5. The summed E-state index contributed by atoms with van der Waals surface area (Å²) in [5, 5.41) is 2.74. The first-order valence-corrected chi connectivity index (χ1v) is 10.5. The second kappa shape index (κ2) is 8.05. The summed E-state index contributed by atoms with van der Waals surface area (Å²) in [4.78, 5) is 50.8. The van der Waals surface area contributed by atoms with Crippen LogP contribution in [0.1, 0.15) is 37.0 Å². The Morgan fingerprint density at radius 1 is 1.07 bits per heavy atom. The summed E-state index contributed by atoms with van der Waals surface area (Å²) in [7, 11) is 0. The van der Waals surface area contributed by atoms with Crippen LogP contribution in [0.5, 0.6) is 0 Å². The number of benzene rings is 1. The zero-order valence-electron chi connectivity index (χ0n) is 17.2. The van der Waals surface area contributed by atoms with Gasteiger partial charge in [0, 0.05) is 18.7 Å². The summed E-state index contributed by atoms with van der Waals surface area (Å²) in [6.07, 6.45) is 5.03. The molecule has 2 bridgehead atoms. The number of nitrogens with zero attached hydrogens (tertiary/aromatic N) is 1. The van der Waals surface area contributed by atoms with Crippen molar-refractivity contribution >= 4 is 29.4 Å². The van der Waals surface area contributed by atoms with Gasteiger partial charge in [0.05, 0.1) is 24.0 Å². The fraction of sp³-hybridized carbons (Fsp3) is 0.478. The number of likely N-dealkylation sites (tertiary alicyclic amines) is 1. The summed E-state index contributed by atoms with van der Waals surface area (Å²) in [6, 6.07) is 6.44. The van der Waals surface area contributed by atoms with Gasteiger partial charge < -0.3 is 10.1 Å². The maximum Gasteiger partial charge on any atom is 0.338 e. The minimum atomic E-state index is -0.401. The number of carbonyl (C=O) groups excluding carboxylic acids is 4. The number of hydrogen-bond acceptors (Lipinski definition) is 5. The number of ether oxygens (including phenoxy) is 1. The third-order valence-corrected chi connectivity index (χ3v) is 6.08. The zero-order valence-corrected chi connectivity index (χ0v) is 17.2. The minimum Gasteiger partial charge on any atom is -0.462 e. The van der Waals surface area contributed by atoms with E-state index in [0.717, 1.165) is 6.42 Å². The van der Waals surface area contributed by atoms with Crippen molar-refractivity contribution in [2.24, 2.45) is 29.6 Å². The molecule has 2 aliphatic carbocycles. The van der Waals surface area contributed by atoms with Gasteiger partial charge in [-0.25, -0.2) is 4.79 Å². The van der Waals surface area contributed by atoms with Crippen LogP contribution < -0.4 is 5.32 Å². The highest BCUT2D eigenvalue weighted by atomic mass is 16.5. The van der Waals surface area contributed by atoms with Gasteiger partial charge in [-0.1, -0.05) is 26.0 Å². The molecule has 1 saturated heterocycles. The van der Waals surface area contributed by atoms with Gasteiger partial charge in [0.2, 0.25) is 17.7 Å². The lowest BCUT2D eigenvalue weighted by Crippen LogP contribution is -2.35. The monoisotopic (exact) mass is 410 g/mol. The Bertz CT molecular complexity index is 875. The third-order valence-electron chi connectivity index (χ3n) is 6.08. The highest BCUT2D eigenvalue weighted by Crippen LogP contribution is 2.52. The van der Waals surface area contributed by atoms with Crippen molar-refractivity contribution in [3.05, 3.63) is 42.0 Å². The fourth-order valence-corrected chi connectivity index (χ4v) is 4.64. The van der Waals surface area contributed by atoms with Crippen molar-refractivity contribution in [1.29, 1.82) is 0 Å². The number of fused-ring (bicyclic) bond motifs is 5. The van der Waals surface area contributed by atoms with Crippen molar-refractivity contribution in [1.82, 2.24) is 4.90 Å². The minimum absolute atomic E-state index is 0.0395. The fourth-order valence-electron chi connectivity index (χ4n) is 4.64. The smallest absolute Gasteiger partial charge is 0.338 e. The molecule has 1 aromatic rings. The van der Waals surface area contributed by atoms with E-state index in [0.29, 0.717) is 17.9 Å². The Labute approximate surface area is 175 Å². The van der Waals surface area contributed by atoms with E-state index in [4.69, 9.17) is 4.74 Å². The molecular formula is C23H26N2O5. The van der Waals surface area contributed by atoms with Crippen molar-refractivity contribution in [2.45, 2.75) is 26.7 Å². The summed E-state index contributed by atoms with van der Waals surface area (Å²) < 4.78 is 5.18. The molecule has 158 valence electrons. The van der Waals surface area contributed by atoms with Crippen LogP contribution in [-0.4, -0.2) is 41.7 Å². The SMILES string of the molecule is CC(C)COC(=O)c1ccc(NC(=O)CCN2C(=O)[C@@H]3[C@@H](C2=O)[C@H]2C=C[C@@H]3C2)cc1. The molecule has 0 radical (unpaired) electrons. The average Bonchev–Trinajstić information content (AvgIpc) is 3.39. The van der Waals surface area contributed by atoms with Gasteiger partial charge in [-0.3, -0.25) is 19.3 Å². The lowest BCUT2D eigenvalue weighted by molar-refractivity contribution is -0.140. The second-order valence-electron chi connectivity index (χ2n) is 8.70. The van der Waals surface area contributed by atoms with Gasteiger partial charge in [-0.15, -0.1) is 0 Å². The molecule has 1 aromatic carbocycles. The van der Waals surface area contributed by atoms with Gasteiger partial charge in [0.1, 0.15) is 0 Å². The van der Waals surface area contributed by atoms with Crippen LogP contribution >= 0.6 is 0 Å². The predicted molar refractivity (Wildman–Crippen MR) is 109 cm³/mol. The number of hydrogen-bond donors (Lipinski definition) is 1. The molecule has 1 aliphatic heterocycles. The first-order chi connectivity index (χ1) is 14.3. The Morgan fingerprint density at radius 3 is 2.23 bits per heavy atom. The van der Waals surface area contributed by atoms with Crippen molar-refractivity contribution in [3.63, 3.8) is 0 Å². The molecule has 3 amide bonds. The molecule has 0 unspecified atom stereocenters. The van der Waals surface area contributed by atoms with Gasteiger partial charge in [-0.05, 0) is 48.4 Å². The van der Waals surface area contributed by atoms with Crippen LogP contribution in [0.15, 0.2) is 36.4 Å². The molecule has 7 nitrogen and oxygen atoms in total. The topological polar surface area (TPSA) is 92.8 Å². The first kappa shape index (κ1) is 20.3. The molecule has 1 N–H and O–H groups in total. The third kappa shape index (κ3) is 3.76. The molecule has 1 heterocycles. The molecule has 7 heteroatoms. The van der Waals surface area contributed by atoms with Crippen LogP contribution in [-0.2, 0) is 19.1 Å². The van der Waals surface area contributed by atoms with Crippen LogP contribution in [0.2, 0.25) is 0 Å². The molecule has 0 aromatic heterocycles. The predicted octanol–water partition coefficient (Wildman–Crippen LogP) is 2.64. The van der Waals surface area contributed by atoms with Gasteiger partial charge in [-0.2, -0.15) is 0 Å². The zero-order chi connectivity index (χ0) is 21.4. The molecule has 0 spiro atoms. The number of allylic oxidation sites excluding steroid dienone is 2. The van der Waals surface area contributed by atoms with Crippen molar-refractivity contribution < 1.29 is 23.9 Å². The van der Waals surface area contributed by atoms with E-state index in [1.807, 2.05) is 13.8 Å². The molecule has 2 fully saturated rings. The van der Waals surface area contributed by atoms with Gasteiger partial charge >= 0.3 is 5.97 Å². The Balaban J connectivity index is 1.28. The van der Waals surface area contributed by atoms with Crippen LogP contribution in [0.4, 0.5) is 5.69 Å². The number of amides is 3. The normalized spacial score (nSPS) is 26.4. The molecular weight excluding hydrogens is 384 g/mol. The molecule has 1 saturated carbocycles. The maximum atomic E-state index is 12.7. The van der Waals surface area contributed by atoms with E-state index in [-0.39, 0.29) is 60.3 Å². The van der Waals surface area contributed by atoms with Crippen LogP contribution in [0, 0.1) is 29.6 Å². The lowest BCUT2D eigenvalue weighted by Gasteiger charge is -2.17. The maximum absolute atomic E-state index is 12.7. The summed E-state index contributed by atoms with van der Waals surface area (Å²) in [5.74, 6) is -0.851. The summed E-state index contributed by atoms with van der Waals surface area (Å²) >= 11 is 0. The average molecular weight is 410 g/mol. The Hall–Kier alpha value is -2.96. The second-order valence-corrected chi connectivity index (χ2v) is 8.70. The Morgan fingerprint density at radius 2 is 1.67 bits per heavy atom. The number of nitrogens with one attached hydrogen (secondary N) is 1. The Kier molecular flexibility index (Phi) is 5.45. The highest BCUT2D eigenvalue weighted by Gasteiger charge is 2.59. The quantitative estimate of drug-likeness (QED) is 0.424. The van der Waals surface area contributed by atoms with Crippen LogP contribution in [0.25, 0.3) is 0 Å². The molecule has 4 rings (SSSR count). The van der Waals surface area contributed by atoms with E-state index in [2.05, 4.69) is 17.5 Å².